The van der Waals surface area contributed by atoms with E-state index in [4.69, 9.17) is 0 Å². The van der Waals surface area contributed by atoms with Gasteiger partial charge in [0.05, 0.1) is 10.9 Å². The van der Waals surface area contributed by atoms with Crippen LogP contribution in [0, 0.1) is 27.7 Å². The van der Waals surface area contributed by atoms with Gasteiger partial charge in [-0.2, -0.15) is 4.68 Å². The van der Waals surface area contributed by atoms with Crippen LogP contribution in [0.25, 0.3) is 5.69 Å². The van der Waals surface area contributed by atoms with Crippen LogP contribution in [0.2, 0.25) is 0 Å². The lowest BCUT2D eigenvalue weighted by atomic mass is 10.0. The van der Waals surface area contributed by atoms with Crippen LogP contribution < -0.4 is 0 Å². The zero-order valence-electron chi connectivity index (χ0n) is 15.6. The highest BCUT2D eigenvalue weighted by atomic mass is 32.2. The fourth-order valence-corrected chi connectivity index (χ4v) is 3.75. The molecule has 6 heteroatoms. The van der Waals surface area contributed by atoms with Gasteiger partial charge in [0.15, 0.2) is 5.78 Å². The van der Waals surface area contributed by atoms with E-state index in [1.54, 1.807) is 4.68 Å². The quantitative estimate of drug-likeness (QED) is 0.499. The van der Waals surface area contributed by atoms with E-state index >= 15 is 0 Å². The normalized spacial score (nSPS) is 12.2. The molecule has 0 aliphatic heterocycles. The van der Waals surface area contributed by atoms with E-state index in [0.29, 0.717) is 5.16 Å². The van der Waals surface area contributed by atoms with E-state index in [1.807, 2.05) is 58.0 Å². The average Bonchev–Trinajstić information content (AvgIpc) is 3.04. The molecule has 1 atom stereocenters. The lowest BCUT2D eigenvalue weighted by Gasteiger charge is -2.13. The summed E-state index contributed by atoms with van der Waals surface area (Å²) in [5.74, 6) is 0.0892. The lowest BCUT2D eigenvalue weighted by molar-refractivity contribution is 0.0993. The van der Waals surface area contributed by atoms with Gasteiger partial charge in [-0.3, -0.25) is 4.79 Å². The molecule has 0 unspecified atom stereocenters. The first-order valence-corrected chi connectivity index (χ1v) is 9.39. The van der Waals surface area contributed by atoms with E-state index in [2.05, 4.69) is 28.5 Å². The monoisotopic (exact) mass is 366 g/mol. The van der Waals surface area contributed by atoms with Crippen molar-refractivity contribution in [3.8, 4) is 5.69 Å². The molecule has 0 aliphatic carbocycles. The summed E-state index contributed by atoms with van der Waals surface area (Å²) in [7, 11) is 0. The predicted molar refractivity (Wildman–Crippen MR) is 104 cm³/mol. The maximum Gasteiger partial charge on any atom is 0.214 e. The largest absolute Gasteiger partial charge is 0.293 e. The molecule has 3 rings (SSSR count). The van der Waals surface area contributed by atoms with Crippen molar-refractivity contribution < 1.29 is 4.79 Å². The highest BCUT2D eigenvalue weighted by molar-refractivity contribution is 8.00. The van der Waals surface area contributed by atoms with Crippen molar-refractivity contribution in [2.45, 2.75) is 45.0 Å². The number of hydrogen-bond donors (Lipinski definition) is 0. The van der Waals surface area contributed by atoms with Gasteiger partial charge in [0.25, 0.3) is 0 Å². The summed E-state index contributed by atoms with van der Waals surface area (Å²) in [5, 5.41) is 12.4. The number of ketones is 1. The van der Waals surface area contributed by atoms with Crippen molar-refractivity contribution in [2.24, 2.45) is 0 Å². The molecule has 0 bridgehead atoms. The summed E-state index contributed by atoms with van der Waals surface area (Å²) in [6.07, 6.45) is 0. The second kappa shape index (κ2) is 7.41. The fourth-order valence-electron chi connectivity index (χ4n) is 2.88. The Balaban J connectivity index is 1.87. The fraction of sp³-hybridized carbons (Fsp3) is 0.300. The van der Waals surface area contributed by atoms with Crippen molar-refractivity contribution in [2.75, 3.05) is 0 Å². The van der Waals surface area contributed by atoms with E-state index in [1.165, 1.54) is 17.3 Å². The minimum Gasteiger partial charge on any atom is -0.293 e. The molecule has 134 valence electrons. The van der Waals surface area contributed by atoms with Crippen molar-refractivity contribution >= 4 is 17.5 Å². The maximum absolute atomic E-state index is 12.9. The molecule has 0 saturated heterocycles. The van der Waals surface area contributed by atoms with Crippen molar-refractivity contribution in [1.82, 2.24) is 20.2 Å². The second-order valence-corrected chi connectivity index (χ2v) is 7.91. The van der Waals surface area contributed by atoms with Crippen LogP contribution in [0.5, 0.6) is 0 Å². The Morgan fingerprint density at radius 2 is 1.69 bits per heavy atom. The Morgan fingerprint density at radius 3 is 2.42 bits per heavy atom. The molecule has 0 aliphatic rings. The molecule has 0 fully saturated rings. The number of thioether (sulfide) groups is 1. The third kappa shape index (κ3) is 3.70. The highest BCUT2D eigenvalue weighted by Gasteiger charge is 2.22. The number of aryl methyl sites for hydroxylation is 4. The SMILES string of the molecule is Cc1ccc(-n2nnnc2S[C@@H](C)C(=O)c2cc(C)ccc2C)c(C)c1. The Morgan fingerprint density at radius 1 is 1.00 bits per heavy atom. The predicted octanol–water partition coefficient (Wildman–Crippen LogP) is 4.26. The van der Waals surface area contributed by atoms with Crippen molar-refractivity contribution in [3.05, 3.63) is 64.2 Å². The van der Waals surface area contributed by atoms with Crippen molar-refractivity contribution in [1.29, 1.82) is 0 Å². The van der Waals surface area contributed by atoms with Gasteiger partial charge >= 0.3 is 0 Å². The number of carbonyl (C=O) groups excluding carboxylic acids is 1. The molecular formula is C20H22N4OS. The van der Waals surface area contributed by atoms with Crippen LogP contribution in [0.15, 0.2) is 41.6 Å². The number of carbonyl (C=O) groups is 1. The molecule has 26 heavy (non-hydrogen) atoms. The van der Waals surface area contributed by atoms with Crippen LogP contribution >= 0.6 is 11.8 Å². The number of aromatic nitrogens is 4. The standard InChI is InChI=1S/C20H22N4OS/c1-12-7-9-18(15(4)10-12)24-20(21-22-23-24)26-16(5)19(25)17-11-13(2)6-8-14(17)3/h6-11,16H,1-5H3/t16-/m0/s1. The van der Waals surface area contributed by atoms with Crippen molar-refractivity contribution in [3.63, 3.8) is 0 Å². The minimum atomic E-state index is -0.286. The number of Topliss-reactive ketones (excluding diaryl/α,β-unsaturated/α-hetero) is 1. The molecule has 5 nitrogen and oxygen atoms in total. The summed E-state index contributed by atoms with van der Waals surface area (Å²) in [4.78, 5) is 12.9. The Hall–Kier alpha value is -2.47. The number of nitrogens with zero attached hydrogens (tertiary/aromatic N) is 4. The molecule has 1 aromatic heterocycles. The number of hydrogen-bond acceptors (Lipinski definition) is 5. The zero-order chi connectivity index (χ0) is 18.8. The molecule has 3 aromatic rings. The molecule has 0 spiro atoms. The average molecular weight is 366 g/mol. The van der Waals surface area contributed by atoms with Crippen LogP contribution in [-0.4, -0.2) is 31.2 Å². The van der Waals surface area contributed by atoms with Gasteiger partial charge in [-0.25, -0.2) is 0 Å². The second-order valence-electron chi connectivity index (χ2n) is 6.61. The number of rotatable bonds is 5. The third-order valence-corrected chi connectivity index (χ3v) is 5.36. The summed E-state index contributed by atoms with van der Waals surface area (Å²) in [6.45, 7) is 9.94. The van der Waals surface area contributed by atoms with Gasteiger partial charge < -0.3 is 0 Å². The minimum absolute atomic E-state index is 0.0892. The first-order chi connectivity index (χ1) is 12.4. The smallest absolute Gasteiger partial charge is 0.214 e. The summed E-state index contributed by atoms with van der Waals surface area (Å²) < 4.78 is 1.70. The van der Waals surface area contributed by atoms with Gasteiger partial charge in [-0.05, 0) is 68.3 Å². The Kier molecular flexibility index (Phi) is 5.23. The summed E-state index contributed by atoms with van der Waals surface area (Å²) in [5.41, 5.74) is 6.03. The van der Waals surface area contributed by atoms with E-state index in [-0.39, 0.29) is 11.0 Å². The summed E-state index contributed by atoms with van der Waals surface area (Å²) in [6, 6.07) is 12.1. The molecule has 0 radical (unpaired) electrons. The van der Waals surface area contributed by atoms with Gasteiger partial charge in [0, 0.05) is 5.56 Å². The van der Waals surface area contributed by atoms with Crippen LogP contribution in [0.3, 0.4) is 0 Å². The highest BCUT2D eigenvalue weighted by Crippen LogP contribution is 2.27. The lowest BCUT2D eigenvalue weighted by Crippen LogP contribution is -2.16. The van der Waals surface area contributed by atoms with Crippen LogP contribution in [-0.2, 0) is 0 Å². The van der Waals surface area contributed by atoms with E-state index in [0.717, 1.165) is 27.9 Å². The van der Waals surface area contributed by atoms with Crippen LogP contribution in [0.1, 0.15) is 39.5 Å². The number of tetrazole rings is 1. The Bertz CT molecular complexity index is 964. The van der Waals surface area contributed by atoms with Gasteiger partial charge in [0.2, 0.25) is 5.16 Å². The molecule has 0 saturated carbocycles. The topological polar surface area (TPSA) is 60.7 Å². The van der Waals surface area contributed by atoms with E-state index in [9.17, 15) is 4.79 Å². The number of benzene rings is 2. The van der Waals surface area contributed by atoms with Gasteiger partial charge in [-0.15, -0.1) is 5.10 Å². The molecular weight excluding hydrogens is 344 g/mol. The first-order valence-electron chi connectivity index (χ1n) is 8.51. The molecule has 1 heterocycles. The van der Waals surface area contributed by atoms with Gasteiger partial charge in [0.1, 0.15) is 0 Å². The van der Waals surface area contributed by atoms with Gasteiger partial charge in [-0.1, -0.05) is 47.2 Å². The van der Waals surface area contributed by atoms with Crippen LogP contribution in [0.4, 0.5) is 0 Å². The molecule has 2 aromatic carbocycles. The summed E-state index contributed by atoms with van der Waals surface area (Å²) >= 11 is 1.38. The zero-order valence-corrected chi connectivity index (χ0v) is 16.5. The molecule has 0 amide bonds. The van der Waals surface area contributed by atoms with E-state index < -0.39 is 0 Å². The first kappa shape index (κ1) is 18.3. The third-order valence-electron chi connectivity index (χ3n) is 4.33. The maximum atomic E-state index is 12.9. The Labute approximate surface area is 157 Å². The molecule has 0 N–H and O–H groups in total.